The SMILES string of the molecule is C[C@@H]1C[C@H](C)CN(C(=O)c2cc(Br)ccc2NC(=O)CCC(=O)[O-])C1. The highest BCUT2D eigenvalue weighted by Gasteiger charge is 2.27. The molecule has 6 nitrogen and oxygen atoms in total. The van der Waals surface area contributed by atoms with Crippen LogP contribution in [0.2, 0.25) is 0 Å². The Morgan fingerprint density at radius 1 is 1.20 bits per heavy atom. The lowest BCUT2D eigenvalue weighted by molar-refractivity contribution is -0.305. The van der Waals surface area contributed by atoms with E-state index in [2.05, 4.69) is 35.1 Å². The number of hydrogen-bond acceptors (Lipinski definition) is 4. The highest BCUT2D eigenvalue weighted by atomic mass is 79.9. The van der Waals surface area contributed by atoms with Gasteiger partial charge in [0, 0.05) is 30.0 Å². The fourth-order valence-corrected chi connectivity index (χ4v) is 3.59. The molecule has 0 spiro atoms. The van der Waals surface area contributed by atoms with Crippen molar-refractivity contribution >= 4 is 39.4 Å². The maximum Gasteiger partial charge on any atom is 0.256 e. The predicted molar refractivity (Wildman–Crippen MR) is 95.9 cm³/mol. The lowest BCUT2D eigenvalue weighted by Gasteiger charge is -2.35. The van der Waals surface area contributed by atoms with E-state index in [1.165, 1.54) is 0 Å². The Hall–Kier alpha value is -1.89. The number of carboxylic acids is 1. The maximum absolute atomic E-state index is 13.0. The van der Waals surface area contributed by atoms with E-state index in [9.17, 15) is 19.5 Å². The Bertz CT molecular complexity index is 667. The van der Waals surface area contributed by atoms with Gasteiger partial charge in [0.15, 0.2) is 0 Å². The van der Waals surface area contributed by atoms with Crippen molar-refractivity contribution in [3.05, 3.63) is 28.2 Å². The number of piperidine rings is 1. The molecule has 0 aliphatic carbocycles. The van der Waals surface area contributed by atoms with Crippen LogP contribution in [0.1, 0.15) is 43.5 Å². The molecule has 1 aliphatic heterocycles. The average Bonchev–Trinajstić information content (AvgIpc) is 2.53. The highest BCUT2D eigenvalue weighted by molar-refractivity contribution is 9.10. The Balaban J connectivity index is 2.18. The van der Waals surface area contributed by atoms with E-state index in [0.29, 0.717) is 36.2 Å². The number of benzene rings is 1. The van der Waals surface area contributed by atoms with Gasteiger partial charge in [-0.05, 0) is 42.9 Å². The molecular weight excluding hydrogens is 388 g/mol. The van der Waals surface area contributed by atoms with Crippen molar-refractivity contribution in [3.63, 3.8) is 0 Å². The zero-order valence-corrected chi connectivity index (χ0v) is 16.0. The number of aliphatic carboxylic acids is 1. The van der Waals surface area contributed by atoms with Crippen LogP contribution in [0.3, 0.4) is 0 Å². The number of nitrogens with one attached hydrogen (secondary N) is 1. The number of carbonyl (C=O) groups excluding carboxylic acids is 3. The minimum Gasteiger partial charge on any atom is -0.550 e. The van der Waals surface area contributed by atoms with Crippen LogP contribution in [0.15, 0.2) is 22.7 Å². The van der Waals surface area contributed by atoms with Gasteiger partial charge in [-0.1, -0.05) is 29.8 Å². The topological polar surface area (TPSA) is 89.5 Å². The van der Waals surface area contributed by atoms with Crippen molar-refractivity contribution < 1.29 is 19.5 Å². The lowest BCUT2D eigenvalue weighted by Crippen LogP contribution is -2.42. The van der Waals surface area contributed by atoms with Crippen LogP contribution in [0.4, 0.5) is 5.69 Å². The molecule has 1 aromatic carbocycles. The van der Waals surface area contributed by atoms with Gasteiger partial charge in [0.25, 0.3) is 5.91 Å². The van der Waals surface area contributed by atoms with Crippen LogP contribution in [-0.4, -0.2) is 35.8 Å². The van der Waals surface area contributed by atoms with E-state index in [4.69, 9.17) is 0 Å². The van der Waals surface area contributed by atoms with Crippen molar-refractivity contribution in [3.8, 4) is 0 Å². The number of likely N-dealkylation sites (tertiary alicyclic amines) is 1. The molecule has 136 valence electrons. The molecular formula is C18H22BrN2O4-. The maximum atomic E-state index is 13.0. The van der Waals surface area contributed by atoms with Gasteiger partial charge in [-0.2, -0.15) is 0 Å². The van der Waals surface area contributed by atoms with E-state index >= 15 is 0 Å². The van der Waals surface area contributed by atoms with E-state index < -0.39 is 11.9 Å². The third-order valence-corrected chi connectivity index (χ3v) is 4.69. The minimum absolute atomic E-state index is 0.130. The molecule has 1 heterocycles. The second-order valence-electron chi connectivity index (χ2n) is 6.77. The standard InChI is InChI=1S/C18H23BrN2O4/c1-11-7-12(2)10-21(9-11)18(25)14-8-13(19)3-4-15(14)20-16(22)5-6-17(23)24/h3-4,8,11-12H,5-7,9-10H2,1-2H3,(H,20,22)(H,23,24)/p-1/t11-,12+. The van der Waals surface area contributed by atoms with Gasteiger partial charge in [0.2, 0.25) is 5.91 Å². The van der Waals surface area contributed by atoms with E-state index in [1.807, 2.05) is 4.90 Å². The summed E-state index contributed by atoms with van der Waals surface area (Å²) < 4.78 is 0.738. The largest absolute Gasteiger partial charge is 0.550 e. The first-order valence-electron chi connectivity index (χ1n) is 8.34. The molecule has 0 bridgehead atoms. The fraction of sp³-hybridized carbons (Fsp3) is 0.500. The number of hydrogen-bond donors (Lipinski definition) is 1. The fourth-order valence-electron chi connectivity index (χ4n) is 3.23. The zero-order chi connectivity index (χ0) is 18.6. The van der Waals surface area contributed by atoms with Crippen molar-refractivity contribution in [1.82, 2.24) is 4.90 Å². The van der Waals surface area contributed by atoms with Crippen molar-refractivity contribution in [1.29, 1.82) is 0 Å². The second kappa shape index (κ2) is 8.47. The number of rotatable bonds is 5. The number of carbonyl (C=O) groups is 3. The van der Waals surface area contributed by atoms with Crippen molar-refractivity contribution in [2.24, 2.45) is 11.8 Å². The molecule has 2 rings (SSSR count). The van der Waals surface area contributed by atoms with Crippen LogP contribution in [0.5, 0.6) is 0 Å². The van der Waals surface area contributed by atoms with Crippen LogP contribution >= 0.6 is 15.9 Å². The number of amides is 2. The number of halogens is 1. The first kappa shape index (κ1) is 19.4. The molecule has 7 heteroatoms. The first-order valence-corrected chi connectivity index (χ1v) is 9.14. The van der Waals surface area contributed by atoms with Crippen LogP contribution < -0.4 is 10.4 Å². The monoisotopic (exact) mass is 409 g/mol. The lowest BCUT2D eigenvalue weighted by atomic mass is 9.91. The first-order chi connectivity index (χ1) is 11.8. The number of anilines is 1. The summed E-state index contributed by atoms with van der Waals surface area (Å²) in [5, 5.41) is 13.1. The highest BCUT2D eigenvalue weighted by Crippen LogP contribution is 2.27. The molecule has 0 radical (unpaired) electrons. The van der Waals surface area contributed by atoms with Crippen molar-refractivity contribution in [2.45, 2.75) is 33.1 Å². The molecule has 2 amide bonds. The summed E-state index contributed by atoms with van der Waals surface area (Å²) in [6, 6.07) is 5.05. The van der Waals surface area contributed by atoms with Gasteiger partial charge < -0.3 is 20.1 Å². The van der Waals surface area contributed by atoms with Gasteiger partial charge in [-0.25, -0.2) is 0 Å². The smallest absolute Gasteiger partial charge is 0.256 e. The van der Waals surface area contributed by atoms with E-state index in [0.717, 1.165) is 10.9 Å². The van der Waals surface area contributed by atoms with Gasteiger partial charge in [-0.3, -0.25) is 9.59 Å². The van der Waals surface area contributed by atoms with Gasteiger partial charge >= 0.3 is 0 Å². The summed E-state index contributed by atoms with van der Waals surface area (Å²) >= 11 is 3.36. The summed E-state index contributed by atoms with van der Waals surface area (Å²) in [7, 11) is 0. The van der Waals surface area contributed by atoms with Gasteiger partial charge in [0.1, 0.15) is 0 Å². The van der Waals surface area contributed by atoms with E-state index in [-0.39, 0.29) is 18.7 Å². The molecule has 0 aromatic heterocycles. The molecule has 1 aromatic rings. The third-order valence-electron chi connectivity index (χ3n) is 4.20. The Kier molecular flexibility index (Phi) is 6.58. The van der Waals surface area contributed by atoms with E-state index in [1.54, 1.807) is 18.2 Å². The molecule has 1 N–H and O–H groups in total. The molecule has 0 unspecified atom stereocenters. The number of nitrogens with zero attached hydrogens (tertiary/aromatic N) is 1. The predicted octanol–water partition coefficient (Wildman–Crippen LogP) is 2.04. The number of carboxylic acid groups (broad SMARTS) is 1. The molecule has 1 fully saturated rings. The molecule has 1 aliphatic rings. The zero-order valence-electron chi connectivity index (χ0n) is 14.4. The van der Waals surface area contributed by atoms with Gasteiger partial charge in [0.05, 0.1) is 11.3 Å². The van der Waals surface area contributed by atoms with Crippen LogP contribution in [-0.2, 0) is 9.59 Å². The van der Waals surface area contributed by atoms with Gasteiger partial charge in [-0.15, -0.1) is 0 Å². The summed E-state index contributed by atoms with van der Waals surface area (Å²) in [5.74, 6) is -1.00. The second-order valence-corrected chi connectivity index (χ2v) is 7.68. The normalized spacial score (nSPS) is 20.2. The van der Waals surface area contributed by atoms with Crippen molar-refractivity contribution in [2.75, 3.05) is 18.4 Å². The Morgan fingerprint density at radius 2 is 1.84 bits per heavy atom. The molecule has 2 atom stereocenters. The Morgan fingerprint density at radius 3 is 2.44 bits per heavy atom. The summed E-state index contributed by atoms with van der Waals surface area (Å²) in [6.45, 7) is 5.63. The average molecular weight is 410 g/mol. The minimum atomic E-state index is -1.28. The quantitative estimate of drug-likeness (QED) is 0.805. The van der Waals surface area contributed by atoms with Crippen LogP contribution in [0.25, 0.3) is 0 Å². The summed E-state index contributed by atoms with van der Waals surface area (Å²) in [4.78, 5) is 37.2. The Labute approximate surface area is 155 Å². The van der Waals surface area contributed by atoms with Crippen LogP contribution in [0, 0.1) is 11.8 Å². The molecule has 25 heavy (non-hydrogen) atoms. The summed E-state index contributed by atoms with van der Waals surface area (Å²) in [6.07, 6.45) is 0.547. The molecule has 1 saturated heterocycles. The molecule has 0 saturated carbocycles. The third kappa shape index (κ3) is 5.56. The summed E-state index contributed by atoms with van der Waals surface area (Å²) in [5.41, 5.74) is 0.792.